The van der Waals surface area contributed by atoms with E-state index in [1.807, 2.05) is 25.2 Å². The maximum Gasteiger partial charge on any atom is 0.313 e. The summed E-state index contributed by atoms with van der Waals surface area (Å²) in [6, 6.07) is 5.19. The Morgan fingerprint density at radius 1 is 1.11 bits per heavy atom. The molecule has 0 saturated carbocycles. The van der Waals surface area contributed by atoms with E-state index in [1.165, 1.54) is 4.90 Å². The van der Waals surface area contributed by atoms with Gasteiger partial charge >= 0.3 is 5.97 Å². The van der Waals surface area contributed by atoms with Gasteiger partial charge in [-0.1, -0.05) is 42.8 Å². The van der Waals surface area contributed by atoms with E-state index in [-0.39, 0.29) is 31.6 Å². The minimum atomic E-state index is -1.39. The van der Waals surface area contributed by atoms with E-state index in [0.717, 1.165) is 0 Å². The highest BCUT2D eigenvalue weighted by atomic mass is 35.5. The third-order valence-electron chi connectivity index (χ3n) is 7.95. The third kappa shape index (κ3) is 3.61. The van der Waals surface area contributed by atoms with Crippen molar-refractivity contribution in [3.05, 3.63) is 53.6 Å². The standard InChI is InChI=1S/C27H31ClN2O6/c1-3-26-12-5-4-6-15-35-25(34)21(26)20-23(32)30(17(2)16-31)22-24(33)29(14-7-13-27(20,22)36-26)19-10-8-18(28)9-11-19/h5,7-13,17,20-22,31H,3-4,6,14-16H2,1-2H3/b12-5-/t17-,20+,21+,22?,26-,27+/m1/s1. The van der Waals surface area contributed by atoms with Crippen molar-refractivity contribution in [2.24, 2.45) is 11.8 Å². The number of amides is 2. The molecule has 192 valence electrons. The number of cyclic esters (lactones) is 1. The molecule has 8 nitrogen and oxygen atoms in total. The summed E-state index contributed by atoms with van der Waals surface area (Å²) in [7, 11) is 0. The second kappa shape index (κ2) is 9.32. The van der Waals surface area contributed by atoms with Crippen LogP contribution in [0.15, 0.2) is 48.6 Å². The van der Waals surface area contributed by atoms with Crippen molar-refractivity contribution in [1.29, 1.82) is 0 Å². The number of esters is 1. The Labute approximate surface area is 215 Å². The molecule has 1 aromatic rings. The summed E-state index contributed by atoms with van der Waals surface area (Å²) in [5.41, 5.74) is -1.85. The van der Waals surface area contributed by atoms with Crippen LogP contribution in [0.25, 0.3) is 0 Å². The fourth-order valence-corrected chi connectivity index (χ4v) is 6.36. The quantitative estimate of drug-likeness (QED) is 0.490. The summed E-state index contributed by atoms with van der Waals surface area (Å²) in [6.45, 7) is 3.78. The first-order chi connectivity index (χ1) is 17.3. The normalized spacial score (nSPS) is 35.7. The minimum absolute atomic E-state index is 0.257. The fraction of sp³-hybridized carbons (Fsp3) is 0.519. The number of ether oxygens (including phenoxy) is 2. The number of halogens is 1. The molecule has 6 atom stereocenters. The number of benzene rings is 1. The maximum absolute atomic E-state index is 14.3. The average molecular weight is 515 g/mol. The number of carbonyl (C=O) groups is 3. The molecule has 4 aliphatic heterocycles. The highest BCUT2D eigenvalue weighted by Crippen LogP contribution is 2.58. The highest BCUT2D eigenvalue weighted by molar-refractivity contribution is 6.30. The first-order valence-corrected chi connectivity index (χ1v) is 12.9. The molecule has 36 heavy (non-hydrogen) atoms. The number of hydrogen-bond acceptors (Lipinski definition) is 6. The van der Waals surface area contributed by atoms with E-state index in [9.17, 15) is 19.5 Å². The van der Waals surface area contributed by atoms with Crippen LogP contribution < -0.4 is 4.90 Å². The minimum Gasteiger partial charge on any atom is -0.465 e. The molecule has 2 fully saturated rings. The lowest BCUT2D eigenvalue weighted by molar-refractivity contribution is -0.160. The van der Waals surface area contributed by atoms with Gasteiger partial charge in [0.2, 0.25) is 5.91 Å². The zero-order valence-electron chi connectivity index (χ0n) is 20.4. The first-order valence-electron chi connectivity index (χ1n) is 12.5. The molecule has 0 bridgehead atoms. The number of rotatable bonds is 4. The third-order valence-corrected chi connectivity index (χ3v) is 8.20. The number of aliphatic hydroxyl groups is 1. The van der Waals surface area contributed by atoms with Crippen molar-refractivity contribution < 1.29 is 29.0 Å². The van der Waals surface area contributed by atoms with Crippen LogP contribution in [0.3, 0.4) is 0 Å². The summed E-state index contributed by atoms with van der Waals surface area (Å²) >= 11 is 6.07. The van der Waals surface area contributed by atoms with Gasteiger partial charge in [-0.25, -0.2) is 0 Å². The van der Waals surface area contributed by atoms with Crippen molar-refractivity contribution in [2.75, 3.05) is 24.7 Å². The SMILES string of the molecule is CC[C@@]12/C=C\CCCOC(=O)[C@@H]1[C@H]1C(=O)N([C@H](C)CO)C3C(=O)N(c4ccc(Cl)cc4)CC=C[C@@]31O2. The van der Waals surface area contributed by atoms with E-state index in [4.69, 9.17) is 21.1 Å². The predicted octanol–water partition coefficient (Wildman–Crippen LogP) is 2.88. The van der Waals surface area contributed by atoms with Gasteiger partial charge in [-0.05, 0) is 50.5 Å². The summed E-state index contributed by atoms with van der Waals surface area (Å²) in [5.74, 6) is -3.09. The van der Waals surface area contributed by atoms with Crippen molar-refractivity contribution in [3.63, 3.8) is 0 Å². The van der Waals surface area contributed by atoms with Crippen LogP contribution in [0.2, 0.25) is 5.02 Å². The number of likely N-dealkylation sites (tertiary alicyclic amines) is 1. The molecule has 0 aromatic heterocycles. The van der Waals surface area contributed by atoms with Crippen LogP contribution in [0.5, 0.6) is 0 Å². The lowest BCUT2D eigenvalue weighted by Gasteiger charge is -2.40. The first kappa shape index (κ1) is 25.0. The van der Waals surface area contributed by atoms with Gasteiger partial charge in [0.05, 0.1) is 25.2 Å². The van der Waals surface area contributed by atoms with Crippen LogP contribution in [0.4, 0.5) is 5.69 Å². The number of hydrogen-bond donors (Lipinski definition) is 1. The van der Waals surface area contributed by atoms with E-state index >= 15 is 0 Å². The number of nitrogens with zero attached hydrogens (tertiary/aromatic N) is 2. The molecule has 0 radical (unpaired) electrons. The van der Waals surface area contributed by atoms with Crippen LogP contribution in [0.1, 0.15) is 33.1 Å². The van der Waals surface area contributed by atoms with Crippen LogP contribution in [0, 0.1) is 11.8 Å². The summed E-state index contributed by atoms with van der Waals surface area (Å²) in [5, 5.41) is 10.6. The average Bonchev–Trinajstić information content (AvgIpc) is 3.26. The summed E-state index contributed by atoms with van der Waals surface area (Å²) in [6.07, 6.45) is 9.31. The Bertz CT molecular complexity index is 1120. The van der Waals surface area contributed by atoms with Gasteiger partial charge in [-0.2, -0.15) is 0 Å². The highest BCUT2D eigenvalue weighted by Gasteiger charge is 2.75. The van der Waals surface area contributed by atoms with Gasteiger partial charge in [0.1, 0.15) is 23.2 Å². The molecule has 1 spiro atoms. The number of anilines is 1. The number of carbonyl (C=O) groups excluding carboxylic acids is 3. The molecule has 4 aliphatic rings. The van der Waals surface area contributed by atoms with E-state index < -0.39 is 41.1 Å². The van der Waals surface area contributed by atoms with Gasteiger partial charge in [-0.15, -0.1) is 0 Å². The molecule has 0 aliphatic carbocycles. The van der Waals surface area contributed by atoms with E-state index in [1.54, 1.807) is 42.2 Å². The largest absolute Gasteiger partial charge is 0.465 e. The van der Waals surface area contributed by atoms with Gasteiger partial charge in [0, 0.05) is 17.3 Å². The molecule has 5 rings (SSSR count). The van der Waals surface area contributed by atoms with Crippen LogP contribution >= 0.6 is 11.6 Å². The zero-order chi connectivity index (χ0) is 25.7. The second-order valence-corrected chi connectivity index (χ2v) is 10.4. The lowest BCUT2D eigenvalue weighted by Crippen LogP contribution is -2.58. The Morgan fingerprint density at radius 3 is 2.56 bits per heavy atom. The van der Waals surface area contributed by atoms with Crippen molar-refractivity contribution in [3.8, 4) is 0 Å². The van der Waals surface area contributed by atoms with Crippen molar-refractivity contribution in [1.82, 2.24) is 4.90 Å². The van der Waals surface area contributed by atoms with Gasteiger partial charge in [0.15, 0.2) is 0 Å². The number of fused-ring (bicyclic) bond motifs is 2. The molecular formula is C27H31ClN2O6. The zero-order valence-corrected chi connectivity index (χ0v) is 21.2. The molecular weight excluding hydrogens is 484 g/mol. The van der Waals surface area contributed by atoms with E-state index in [2.05, 4.69) is 0 Å². The van der Waals surface area contributed by atoms with Gasteiger partial charge in [0.25, 0.3) is 5.91 Å². The van der Waals surface area contributed by atoms with Crippen LogP contribution in [-0.2, 0) is 23.9 Å². The predicted molar refractivity (Wildman–Crippen MR) is 133 cm³/mol. The maximum atomic E-state index is 14.3. The van der Waals surface area contributed by atoms with Crippen molar-refractivity contribution in [2.45, 2.75) is 56.4 Å². The van der Waals surface area contributed by atoms with Gasteiger partial charge < -0.3 is 24.4 Å². The lowest BCUT2D eigenvalue weighted by atomic mass is 9.73. The molecule has 9 heteroatoms. The number of allylic oxidation sites excluding steroid dienone is 1. The Kier molecular flexibility index (Phi) is 6.47. The smallest absolute Gasteiger partial charge is 0.313 e. The monoisotopic (exact) mass is 514 g/mol. The Hall–Kier alpha value is -2.68. The molecule has 1 N–H and O–H groups in total. The molecule has 2 amide bonds. The number of aliphatic hydroxyl groups excluding tert-OH is 1. The van der Waals surface area contributed by atoms with E-state index in [0.29, 0.717) is 30.0 Å². The topological polar surface area (TPSA) is 96.4 Å². The Morgan fingerprint density at radius 2 is 1.86 bits per heavy atom. The molecule has 4 heterocycles. The molecule has 2 saturated heterocycles. The Balaban J connectivity index is 1.68. The van der Waals surface area contributed by atoms with Gasteiger partial charge in [-0.3, -0.25) is 14.4 Å². The van der Waals surface area contributed by atoms with Crippen molar-refractivity contribution >= 4 is 35.1 Å². The molecule has 1 unspecified atom stereocenters. The summed E-state index contributed by atoms with van der Waals surface area (Å²) in [4.78, 5) is 44.8. The fourth-order valence-electron chi connectivity index (χ4n) is 6.23. The molecule has 1 aromatic carbocycles. The second-order valence-electron chi connectivity index (χ2n) is 9.94. The van der Waals surface area contributed by atoms with Crippen LogP contribution in [-0.4, -0.2) is 70.8 Å². The summed E-state index contributed by atoms with van der Waals surface area (Å²) < 4.78 is 12.4.